The molecule has 3 heteroatoms. The van der Waals surface area contributed by atoms with Crippen LogP contribution < -0.4 is 5.43 Å². The van der Waals surface area contributed by atoms with E-state index in [-0.39, 0.29) is 11.3 Å². The summed E-state index contributed by atoms with van der Waals surface area (Å²) in [7, 11) is 0. The summed E-state index contributed by atoms with van der Waals surface area (Å²) in [5, 5.41) is 0. The Kier molecular flexibility index (Phi) is 2.46. The summed E-state index contributed by atoms with van der Waals surface area (Å²) in [6.07, 6.45) is 1.29. The lowest BCUT2D eigenvalue weighted by Gasteiger charge is -2.01. The van der Waals surface area contributed by atoms with Gasteiger partial charge in [0.15, 0.2) is 5.43 Å². The van der Waals surface area contributed by atoms with E-state index in [1.165, 1.54) is 12.1 Å². The van der Waals surface area contributed by atoms with Crippen molar-refractivity contribution in [1.82, 2.24) is 0 Å². The largest absolute Gasteiger partial charge is 0.461 e. The molecular formula is C10H9FO2. The molecule has 1 aromatic rings. The van der Waals surface area contributed by atoms with Crippen LogP contribution in [-0.4, -0.2) is 0 Å². The van der Waals surface area contributed by atoms with E-state index >= 15 is 0 Å². The summed E-state index contributed by atoms with van der Waals surface area (Å²) >= 11 is 0. The molecule has 0 fully saturated rings. The highest BCUT2D eigenvalue weighted by molar-refractivity contribution is 5.64. The molecule has 0 radical (unpaired) electrons. The third-order valence-electron chi connectivity index (χ3n) is 1.55. The second kappa shape index (κ2) is 3.39. The molecule has 1 aromatic heterocycles. The fourth-order valence-electron chi connectivity index (χ4n) is 1.04. The summed E-state index contributed by atoms with van der Waals surface area (Å²) < 4.78 is 17.9. The van der Waals surface area contributed by atoms with Gasteiger partial charge >= 0.3 is 0 Å². The zero-order valence-corrected chi connectivity index (χ0v) is 7.26. The molecule has 0 aliphatic rings. The minimum atomic E-state index is -0.802. The van der Waals surface area contributed by atoms with Crippen LogP contribution in [-0.2, 0) is 0 Å². The van der Waals surface area contributed by atoms with Gasteiger partial charge < -0.3 is 4.42 Å². The first-order chi connectivity index (χ1) is 6.06. The number of rotatable bonds is 2. The van der Waals surface area contributed by atoms with Gasteiger partial charge in [-0.3, -0.25) is 4.79 Å². The van der Waals surface area contributed by atoms with Gasteiger partial charge in [-0.05, 0) is 13.0 Å². The molecule has 0 aliphatic heterocycles. The van der Waals surface area contributed by atoms with Crippen LogP contribution in [0.3, 0.4) is 0 Å². The first-order valence-corrected chi connectivity index (χ1v) is 3.68. The van der Waals surface area contributed by atoms with Crippen molar-refractivity contribution in [1.29, 1.82) is 0 Å². The smallest absolute Gasteiger partial charge is 0.195 e. The Bertz CT molecular complexity index is 415. The Morgan fingerprint density at radius 3 is 2.77 bits per heavy atom. The summed E-state index contributed by atoms with van der Waals surface area (Å²) in [5.41, 5.74) is -0.591. The van der Waals surface area contributed by atoms with Crippen molar-refractivity contribution in [3.05, 3.63) is 46.5 Å². The highest BCUT2D eigenvalue weighted by Gasteiger charge is 2.10. The van der Waals surface area contributed by atoms with E-state index in [4.69, 9.17) is 4.42 Å². The van der Waals surface area contributed by atoms with E-state index in [0.717, 1.165) is 0 Å². The van der Waals surface area contributed by atoms with Crippen LogP contribution in [0.15, 0.2) is 28.4 Å². The Morgan fingerprint density at radius 1 is 1.69 bits per heavy atom. The third kappa shape index (κ3) is 1.75. The van der Waals surface area contributed by atoms with Crippen LogP contribution >= 0.6 is 0 Å². The van der Waals surface area contributed by atoms with E-state index in [2.05, 4.69) is 13.2 Å². The number of hydrogen-bond acceptors (Lipinski definition) is 2. The average Bonchev–Trinajstić information content (AvgIpc) is 2.01. The molecule has 0 aromatic carbocycles. The molecule has 13 heavy (non-hydrogen) atoms. The summed E-state index contributed by atoms with van der Waals surface area (Å²) in [6.45, 7) is 8.08. The Morgan fingerprint density at radius 2 is 2.31 bits per heavy atom. The van der Waals surface area contributed by atoms with E-state index in [1.54, 1.807) is 6.92 Å². The maximum absolute atomic E-state index is 12.8. The van der Waals surface area contributed by atoms with Crippen molar-refractivity contribution < 1.29 is 8.81 Å². The topological polar surface area (TPSA) is 30.2 Å². The molecule has 68 valence electrons. The van der Waals surface area contributed by atoms with Crippen molar-refractivity contribution in [3.63, 3.8) is 0 Å². The molecule has 0 spiro atoms. The molecular weight excluding hydrogens is 171 g/mol. The van der Waals surface area contributed by atoms with Crippen molar-refractivity contribution in [2.24, 2.45) is 0 Å². The lowest BCUT2D eigenvalue weighted by Crippen LogP contribution is -2.07. The molecule has 0 N–H and O–H groups in total. The zero-order chi connectivity index (χ0) is 10.0. The van der Waals surface area contributed by atoms with Gasteiger partial charge in [0.25, 0.3) is 0 Å². The predicted molar refractivity (Wildman–Crippen MR) is 49.9 cm³/mol. The maximum atomic E-state index is 12.8. The van der Waals surface area contributed by atoms with Crippen LogP contribution in [0.5, 0.6) is 0 Å². The molecule has 2 nitrogen and oxygen atoms in total. The number of halogens is 1. The van der Waals surface area contributed by atoms with Gasteiger partial charge in [-0.15, -0.1) is 0 Å². The van der Waals surface area contributed by atoms with Gasteiger partial charge in [-0.1, -0.05) is 13.2 Å². The molecule has 0 aliphatic carbocycles. The highest BCUT2D eigenvalue weighted by Crippen LogP contribution is 2.16. The first-order valence-electron chi connectivity index (χ1n) is 3.68. The lowest BCUT2D eigenvalue weighted by atomic mass is 10.2. The van der Waals surface area contributed by atoms with Gasteiger partial charge in [0.1, 0.15) is 17.3 Å². The standard InChI is InChI=1S/C10H9FO2/c1-4-9-10(7(3)11)8(12)5-6(2)13-9/h4-5H,1,3H2,2H3. The second-order valence-corrected chi connectivity index (χ2v) is 2.57. The minimum Gasteiger partial charge on any atom is -0.461 e. The monoisotopic (exact) mass is 180 g/mol. The van der Waals surface area contributed by atoms with E-state index in [1.807, 2.05) is 0 Å². The van der Waals surface area contributed by atoms with Crippen LogP contribution in [0.2, 0.25) is 0 Å². The Balaban J connectivity index is 3.57. The van der Waals surface area contributed by atoms with E-state index in [0.29, 0.717) is 5.76 Å². The van der Waals surface area contributed by atoms with Crippen LogP contribution in [0.25, 0.3) is 11.9 Å². The molecule has 0 saturated heterocycles. The molecule has 0 amide bonds. The highest BCUT2D eigenvalue weighted by atomic mass is 19.1. The fourth-order valence-corrected chi connectivity index (χ4v) is 1.04. The van der Waals surface area contributed by atoms with Crippen LogP contribution in [0.4, 0.5) is 4.39 Å². The Labute approximate surface area is 75.0 Å². The minimum absolute atomic E-state index is 0.123. The van der Waals surface area contributed by atoms with Crippen molar-refractivity contribution in [2.45, 2.75) is 6.92 Å². The summed E-state index contributed by atoms with van der Waals surface area (Å²) in [6, 6.07) is 1.22. The van der Waals surface area contributed by atoms with Gasteiger partial charge in [0.2, 0.25) is 0 Å². The maximum Gasteiger partial charge on any atom is 0.195 e. The summed E-state index contributed by atoms with van der Waals surface area (Å²) in [4.78, 5) is 11.3. The first kappa shape index (κ1) is 9.45. The van der Waals surface area contributed by atoms with Gasteiger partial charge in [0.05, 0.1) is 5.56 Å². The van der Waals surface area contributed by atoms with Crippen molar-refractivity contribution in [2.75, 3.05) is 0 Å². The van der Waals surface area contributed by atoms with Crippen LogP contribution in [0, 0.1) is 6.92 Å². The van der Waals surface area contributed by atoms with Crippen LogP contribution in [0.1, 0.15) is 17.1 Å². The van der Waals surface area contributed by atoms with Crippen molar-refractivity contribution >= 4 is 11.9 Å². The molecule has 1 rings (SSSR count). The summed E-state index contributed by atoms with van der Waals surface area (Å²) in [5.74, 6) is -0.258. The predicted octanol–water partition coefficient (Wildman–Crippen LogP) is 2.53. The molecule has 0 atom stereocenters. The Hall–Kier alpha value is -1.64. The third-order valence-corrected chi connectivity index (χ3v) is 1.55. The quantitative estimate of drug-likeness (QED) is 0.700. The molecule has 0 saturated carbocycles. The van der Waals surface area contributed by atoms with Gasteiger partial charge in [0, 0.05) is 6.07 Å². The SMILES string of the molecule is C=Cc1oc(C)cc(=O)c1C(=C)F. The average molecular weight is 180 g/mol. The normalized spacial score (nSPS) is 9.69. The fraction of sp³-hybridized carbons (Fsp3) is 0.100. The van der Waals surface area contributed by atoms with Gasteiger partial charge in [-0.2, -0.15) is 0 Å². The second-order valence-electron chi connectivity index (χ2n) is 2.57. The number of hydrogen-bond donors (Lipinski definition) is 0. The number of aryl methyl sites for hydroxylation is 1. The molecule has 0 bridgehead atoms. The lowest BCUT2D eigenvalue weighted by molar-refractivity contribution is 0.501. The molecule has 0 unspecified atom stereocenters. The van der Waals surface area contributed by atoms with E-state index < -0.39 is 11.3 Å². The van der Waals surface area contributed by atoms with E-state index in [9.17, 15) is 9.18 Å². The van der Waals surface area contributed by atoms with Gasteiger partial charge in [-0.25, -0.2) is 4.39 Å². The van der Waals surface area contributed by atoms with Crippen molar-refractivity contribution in [3.8, 4) is 0 Å². The molecule has 1 heterocycles. The zero-order valence-electron chi connectivity index (χ0n) is 7.26.